The highest BCUT2D eigenvalue weighted by Gasteiger charge is 2.37. The van der Waals surface area contributed by atoms with E-state index < -0.39 is 0 Å². The molecule has 0 radical (unpaired) electrons. The van der Waals surface area contributed by atoms with Crippen molar-refractivity contribution < 1.29 is 9.59 Å². The molecule has 0 saturated carbocycles. The minimum atomic E-state index is -0.338. The van der Waals surface area contributed by atoms with Gasteiger partial charge >= 0.3 is 0 Å². The predicted molar refractivity (Wildman–Crippen MR) is 129 cm³/mol. The van der Waals surface area contributed by atoms with Gasteiger partial charge in [-0.2, -0.15) is 0 Å². The quantitative estimate of drug-likeness (QED) is 0.358. The molecule has 0 unspecified atom stereocenters. The summed E-state index contributed by atoms with van der Waals surface area (Å²) >= 11 is 0. The van der Waals surface area contributed by atoms with E-state index in [2.05, 4.69) is 10.3 Å². The van der Waals surface area contributed by atoms with E-state index in [1.807, 2.05) is 55.5 Å². The van der Waals surface area contributed by atoms with Crippen LogP contribution in [0.15, 0.2) is 83.7 Å². The number of aryl methyl sites for hydroxylation is 1. The number of nitrogens with one attached hydrogen (secondary N) is 2. The van der Waals surface area contributed by atoms with E-state index in [9.17, 15) is 14.4 Å². The molecule has 0 saturated heterocycles. The Bertz CT molecular complexity index is 1650. The van der Waals surface area contributed by atoms with E-state index in [0.29, 0.717) is 28.1 Å². The minimum Gasteiger partial charge on any atom is -0.354 e. The lowest BCUT2D eigenvalue weighted by Crippen LogP contribution is -2.28. The number of anilines is 2. The van der Waals surface area contributed by atoms with Gasteiger partial charge < -0.3 is 10.3 Å². The summed E-state index contributed by atoms with van der Waals surface area (Å²) in [5.41, 5.74) is 4.07. The van der Waals surface area contributed by atoms with Crippen LogP contribution in [0.3, 0.4) is 0 Å². The lowest BCUT2D eigenvalue weighted by Gasteiger charge is -2.24. The fourth-order valence-electron chi connectivity index (χ4n) is 4.54. The van der Waals surface area contributed by atoms with E-state index in [4.69, 9.17) is 0 Å². The molecule has 158 valence electrons. The number of aromatic nitrogens is 1. The lowest BCUT2D eigenvalue weighted by atomic mass is 9.79. The largest absolute Gasteiger partial charge is 0.354 e. The second-order valence-electron chi connectivity index (χ2n) is 8.29. The molecule has 1 heterocycles. The third-order valence-electron chi connectivity index (χ3n) is 6.20. The van der Waals surface area contributed by atoms with Crippen LogP contribution in [0.1, 0.15) is 37.4 Å². The molecule has 3 aromatic carbocycles. The van der Waals surface area contributed by atoms with Gasteiger partial charge in [0, 0.05) is 27.9 Å². The highest BCUT2D eigenvalue weighted by atomic mass is 16.1. The molecule has 3 aromatic rings. The van der Waals surface area contributed by atoms with Crippen LogP contribution >= 0.6 is 0 Å². The van der Waals surface area contributed by atoms with Crippen molar-refractivity contribution in [3.63, 3.8) is 0 Å². The molecule has 0 spiro atoms. The first-order chi connectivity index (χ1) is 16.0. The molecule has 0 bridgehead atoms. The summed E-state index contributed by atoms with van der Waals surface area (Å²) in [6.07, 6.45) is 0. The van der Waals surface area contributed by atoms with Crippen LogP contribution < -0.4 is 10.7 Å². The van der Waals surface area contributed by atoms with Crippen LogP contribution in [-0.2, 0) is 0 Å². The molecule has 0 amide bonds. The maximum absolute atomic E-state index is 13.7. The minimum absolute atomic E-state index is 0.114. The van der Waals surface area contributed by atoms with Crippen molar-refractivity contribution >= 4 is 33.8 Å². The Balaban J connectivity index is 1.73. The Kier molecular flexibility index (Phi) is 4.07. The van der Waals surface area contributed by atoms with Gasteiger partial charge in [-0.1, -0.05) is 60.2 Å². The molecule has 5 nitrogen and oxygen atoms in total. The fourth-order valence-corrected chi connectivity index (χ4v) is 4.54. The highest BCUT2D eigenvalue weighted by molar-refractivity contribution is 6.32. The average molecular weight is 430 g/mol. The molecular formula is C28H18N2O3. The van der Waals surface area contributed by atoms with Gasteiger partial charge in [-0.15, -0.1) is 0 Å². The Hall–Kier alpha value is -4.51. The van der Waals surface area contributed by atoms with Gasteiger partial charge in [-0.05, 0) is 36.6 Å². The molecular weight excluding hydrogens is 412 g/mol. The van der Waals surface area contributed by atoms with Crippen LogP contribution in [-0.4, -0.2) is 16.6 Å². The van der Waals surface area contributed by atoms with Crippen LogP contribution in [0.25, 0.3) is 22.2 Å². The number of fused-ring (bicyclic) bond motifs is 5. The first-order valence-electron chi connectivity index (χ1n) is 10.7. The average Bonchev–Trinajstić information content (AvgIpc) is 2.84. The predicted octanol–water partition coefficient (Wildman–Crippen LogP) is 5.46. The maximum Gasteiger partial charge on any atom is 0.212 e. The van der Waals surface area contributed by atoms with E-state index in [1.54, 1.807) is 30.3 Å². The summed E-state index contributed by atoms with van der Waals surface area (Å²) in [4.78, 5) is 44.3. The summed E-state index contributed by atoms with van der Waals surface area (Å²) in [5.74, 6) is -0.612. The van der Waals surface area contributed by atoms with Crippen LogP contribution in [0.5, 0.6) is 0 Å². The number of para-hydroxylation sites is 1. The monoisotopic (exact) mass is 430 g/mol. The standard InChI is InChI=1S/C28H18N2O3/c1-15-10-12-17(13-11-15)29-25-23-22(26(31)18-7-3-4-8-19(18)27(23)32)24-20(28(25)33)14-16-6-2-5-9-21(16)30-24/h2-14,29-30H,1H3. The number of H-pyrrole nitrogens is 1. The molecule has 0 atom stereocenters. The molecule has 0 fully saturated rings. The molecule has 6 rings (SSSR count). The second kappa shape index (κ2) is 7.00. The van der Waals surface area contributed by atoms with Crippen molar-refractivity contribution in [1.29, 1.82) is 0 Å². The highest BCUT2D eigenvalue weighted by Crippen LogP contribution is 2.38. The van der Waals surface area contributed by atoms with E-state index in [-0.39, 0.29) is 33.8 Å². The zero-order valence-electron chi connectivity index (χ0n) is 17.7. The molecule has 1 aliphatic heterocycles. The summed E-state index contributed by atoms with van der Waals surface area (Å²) in [6, 6.07) is 23.6. The summed E-state index contributed by atoms with van der Waals surface area (Å²) < 4.78 is 0. The van der Waals surface area contributed by atoms with Crippen LogP contribution in [0, 0.1) is 6.92 Å². The number of aromatic amines is 1. The van der Waals surface area contributed by atoms with Gasteiger partial charge in [0.15, 0.2) is 11.6 Å². The molecule has 5 heteroatoms. The van der Waals surface area contributed by atoms with Gasteiger partial charge in [-0.3, -0.25) is 14.4 Å². The Morgan fingerprint density at radius 1 is 0.697 bits per heavy atom. The first-order valence-corrected chi connectivity index (χ1v) is 10.7. The van der Waals surface area contributed by atoms with Crippen LogP contribution in [0.2, 0.25) is 0 Å². The number of carbonyl (C=O) groups excluding carboxylic acids is 2. The van der Waals surface area contributed by atoms with Crippen molar-refractivity contribution in [3.8, 4) is 11.3 Å². The third kappa shape index (κ3) is 2.83. The lowest BCUT2D eigenvalue weighted by molar-refractivity contribution is 0.0980. The molecule has 33 heavy (non-hydrogen) atoms. The van der Waals surface area contributed by atoms with Gasteiger partial charge in [0.05, 0.1) is 22.5 Å². The van der Waals surface area contributed by atoms with Crippen molar-refractivity contribution in [1.82, 2.24) is 4.98 Å². The molecule has 0 aromatic heterocycles. The zero-order chi connectivity index (χ0) is 22.7. The van der Waals surface area contributed by atoms with Crippen LogP contribution in [0.4, 0.5) is 11.4 Å². The topological polar surface area (TPSA) is 79.0 Å². The fraction of sp³-hybridized carbons (Fsp3) is 0.0357. The molecule has 3 aliphatic rings. The van der Waals surface area contributed by atoms with E-state index >= 15 is 0 Å². The Labute approximate surface area is 189 Å². The maximum atomic E-state index is 13.7. The van der Waals surface area contributed by atoms with Crippen molar-refractivity contribution in [2.45, 2.75) is 6.92 Å². The Morgan fingerprint density at radius 2 is 1.33 bits per heavy atom. The number of pyridine rings is 1. The second-order valence-corrected chi connectivity index (χ2v) is 8.29. The number of carbonyl (C=O) groups is 2. The number of benzene rings is 4. The smallest absolute Gasteiger partial charge is 0.212 e. The van der Waals surface area contributed by atoms with Crippen molar-refractivity contribution in [2.75, 3.05) is 5.32 Å². The van der Waals surface area contributed by atoms with Gasteiger partial charge in [0.2, 0.25) is 5.43 Å². The van der Waals surface area contributed by atoms with Crippen molar-refractivity contribution in [3.05, 3.63) is 117 Å². The number of hydrogen-bond donors (Lipinski definition) is 2. The molecule has 2 N–H and O–H groups in total. The number of rotatable bonds is 2. The first kappa shape index (κ1) is 19.2. The SMILES string of the molecule is Cc1ccc(Nc2c3c(c4[nH]c5ccccc5cc-4c2=O)C(=O)c2ccccc2C3=O)cc1. The third-order valence-corrected chi connectivity index (χ3v) is 6.20. The summed E-state index contributed by atoms with van der Waals surface area (Å²) in [5, 5.41) is 4.00. The normalized spacial score (nSPS) is 12.6. The van der Waals surface area contributed by atoms with E-state index in [1.165, 1.54) is 0 Å². The zero-order valence-corrected chi connectivity index (χ0v) is 17.7. The van der Waals surface area contributed by atoms with Gasteiger partial charge in [0.1, 0.15) is 0 Å². The Morgan fingerprint density at radius 3 is 2.06 bits per heavy atom. The number of hydrogen-bond acceptors (Lipinski definition) is 4. The molecule has 2 aliphatic carbocycles. The van der Waals surface area contributed by atoms with Crippen molar-refractivity contribution in [2.24, 2.45) is 0 Å². The summed E-state index contributed by atoms with van der Waals surface area (Å²) in [7, 11) is 0. The van der Waals surface area contributed by atoms with Gasteiger partial charge in [0.25, 0.3) is 0 Å². The number of ketones is 2. The van der Waals surface area contributed by atoms with E-state index in [0.717, 1.165) is 16.5 Å². The summed E-state index contributed by atoms with van der Waals surface area (Å²) in [6.45, 7) is 1.97. The van der Waals surface area contributed by atoms with Gasteiger partial charge in [-0.25, -0.2) is 0 Å².